The molecule has 0 N–H and O–H groups in total. The predicted octanol–water partition coefficient (Wildman–Crippen LogP) is 2.66. The summed E-state index contributed by atoms with van der Waals surface area (Å²) in [7, 11) is 0. The number of nitrogens with zero attached hydrogens (tertiary/aromatic N) is 1. The molecule has 0 spiro atoms. The van der Waals surface area contributed by atoms with Crippen LogP contribution in [0.1, 0.15) is 24.0 Å². The molecule has 0 amide bonds. The molecular weight excluding hydrogens is 174 g/mol. The number of hydrogen-bond acceptors (Lipinski definition) is 2. The van der Waals surface area contributed by atoms with Gasteiger partial charge in [0, 0.05) is 0 Å². The van der Waals surface area contributed by atoms with Gasteiger partial charge in [0.25, 0.3) is 0 Å². The minimum atomic E-state index is 0.696. The Kier molecular flexibility index (Phi) is 2.41. The maximum atomic E-state index is 8.69. The molecule has 1 aromatic rings. The van der Waals surface area contributed by atoms with Gasteiger partial charge in [-0.15, -0.1) is 0 Å². The molecule has 1 saturated carbocycles. The molecule has 2 heteroatoms. The van der Waals surface area contributed by atoms with Gasteiger partial charge in [0.1, 0.15) is 5.75 Å². The third kappa shape index (κ3) is 2.05. The summed E-state index contributed by atoms with van der Waals surface area (Å²) in [5, 5.41) is 8.69. The number of benzene rings is 1. The molecule has 2 nitrogen and oxygen atoms in total. The zero-order chi connectivity index (χ0) is 9.97. The summed E-state index contributed by atoms with van der Waals surface area (Å²) >= 11 is 0. The average molecular weight is 187 g/mol. The number of nitriles is 1. The topological polar surface area (TPSA) is 33.0 Å². The SMILES string of the molecule is Cc1cc(C#N)ccc1OCC1CC1. The second-order valence-corrected chi connectivity index (χ2v) is 3.85. The summed E-state index contributed by atoms with van der Waals surface area (Å²) in [6.07, 6.45) is 2.60. The predicted molar refractivity (Wildman–Crippen MR) is 54.1 cm³/mol. The molecule has 0 atom stereocenters. The van der Waals surface area contributed by atoms with Gasteiger partial charge in [0.05, 0.1) is 18.2 Å². The smallest absolute Gasteiger partial charge is 0.122 e. The van der Waals surface area contributed by atoms with Crippen LogP contribution in [0.3, 0.4) is 0 Å². The lowest BCUT2D eigenvalue weighted by molar-refractivity contribution is 0.298. The molecule has 0 unspecified atom stereocenters. The van der Waals surface area contributed by atoms with Crippen LogP contribution in [0.5, 0.6) is 5.75 Å². The van der Waals surface area contributed by atoms with Gasteiger partial charge < -0.3 is 4.74 Å². The lowest BCUT2D eigenvalue weighted by Gasteiger charge is -2.07. The largest absolute Gasteiger partial charge is 0.493 e. The van der Waals surface area contributed by atoms with Crippen LogP contribution in [0, 0.1) is 24.2 Å². The Hall–Kier alpha value is -1.49. The molecule has 1 aliphatic carbocycles. The highest BCUT2D eigenvalue weighted by molar-refractivity contribution is 5.41. The highest BCUT2D eigenvalue weighted by Gasteiger charge is 2.22. The lowest BCUT2D eigenvalue weighted by Crippen LogP contribution is -2.00. The van der Waals surface area contributed by atoms with Crippen LogP contribution in [-0.4, -0.2) is 6.61 Å². The van der Waals surface area contributed by atoms with Crippen LogP contribution in [0.25, 0.3) is 0 Å². The molecule has 0 bridgehead atoms. The first-order valence-corrected chi connectivity index (χ1v) is 4.93. The van der Waals surface area contributed by atoms with Crippen molar-refractivity contribution < 1.29 is 4.74 Å². The molecular formula is C12H13NO. The zero-order valence-electron chi connectivity index (χ0n) is 8.29. The Bertz CT molecular complexity index is 374. The fourth-order valence-corrected chi connectivity index (χ4v) is 1.37. The summed E-state index contributed by atoms with van der Waals surface area (Å²) in [5.74, 6) is 1.68. The molecule has 1 aromatic carbocycles. The minimum Gasteiger partial charge on any atom is -0.493 e. The van der Waals surface area contributed by atoms with E-state index in [2.05, 4.69) is 6.07 Å². The van der Waals surface area contributed by atoms with Crippen molar-refractivity contribution in [3.05, 3.63) is 29.3 Å². The molecule has 0 aromatic heterocycles. The van der Waals surface area contributed by atoms with Crippen molar-refractivity contribution in [1.29, 1.82) is 5.26 Å². The van der Waals surface area contributed by atoms with Crippen molar-refractivity contribution in [3.63, 3.8) is 0 Å². The van der Waals surface area contributed by atoms with Crippen molar-refractivity contribution in [2.75, 3.05) is 6.61 Å². The molecule has 72 valence electrons. The molecule has 2 rings (SSSR count). The summed E-state index contributed by atoms with van der Waals surface area (Å²) in [6.45, 7) is 2.80. The normalized spacial score (nSPS) is 14.9. The standard InChI is InChI=1S/C12H13NO/c1-9-6-11(7-13)4-5-12(9)14-8-10-2-3-10/h4-6,10H,2-3,8H2,1H3. The van der Waals surface area contributed by atoms with Gasteiger partial charge in [-0.3, -0.25) is 0 Å². The van der Waals surface area contributed by atoms with Gasteiger partial charge in [-0.1, -0.05) is 0 Å². The summed E-state index contributed by atoms with van der Waals surface area (Å²) in [4.78, 5) is 0. The van der Waals surface area contributed by atoms with Crippen molar-refractivity contribution in [3.8, 4) is 11.8 Å². The second-order valence-electron chi connectivity index (χ2n) is 3.85. The molecule has 0 heterocycles. The Balaban J connectivity index is 2.05. The maximum absolute atomic E-state index is 8.69. The number of hydrogen-bond donors (Lipinski definition) is 0. The first-order chi connectivity index (χ1) is 6.79. The van der Waals surface area contributed by atoms with Crippen molar-refractivity contribution in [2.24, 2.45) is 5.92 Å². The van der Waals surface area contributed by atoms with E-state index in [1.54, 1.807) is 6.07 Å². The van der Waals surface area contributed by atoms with E-state index in [0.717, 1.165) is 23.8 Å². The van der Waals surface area contributed by atoms with Crippen LogP contribution in [-0.2, 0) is 0 Å². The molecule has 1 fully saturated rings. The van der Waals surface area contributed by atoms with E-state index in [4.69, 9.17) is 10.00 Å². The van der Waals surface area contributed by atoms with Gasteiger partial charge in [0.2, 0.25) is 0 Å². The Morgan fingerprint density at radius 1 is 1.50 bits per heavy atom. The minimum absolute atomic E-state index is 0.696. The van der Waals surface area contributed by atoms with Gasteiger partial charge in [-0.05, 0) is 49.4 Å². The molecule has 0 saturated heterocycles. The Morgan fingerprint density at radius 3 is 2.86 bits per heavy atom. The molecule has 14 heavy (non-hydrogen) atoms. The number of aryl methyl sites for hydroxylation is 1. The van der Waals surface area contributed by atoms with E-state index in [-0.39, 0.29) is 0 Å². The fraction of sp³-hybridized carbons (Fsp3) is 0.417. The van der Waals surface area contributed by atoms with Gasteiger partial charge in [0.15, 0.2) is 0 Å². The first-order valence-electron chi connectivity index (χ1n) is 4.93. The van der Waals surface area contributed by atoms with Crippen molar-refractivity contribution in [2.45, 2.75) is 19.8 Å². The third-order valence-electron chi connectivity index (χ3n) is 2.48. The quantitative estimate of drug-likeness (QED) is 0.728. The molecule has 1 aliphatic rings. The highest BCUT2D eigenvalue weighted by Crippen LogP contribution is 2.30. The van der Waals surface area contributed by atoms with Crippen LogP contribution in [0.2, 0.25) is 0 Å². The monoisotopic (exact) mass is 187 g/mol. The van der Waals surface area contributed by atoms with E-state index in [9.17, 15) is 0 Å². The van der Waals surface area contributed by atoms with Gasteiger partial charge >= 0.3 is 0 Å². The summed E-state index contributed by atoms with van der Waals surface area (Å²) in [6, 6.07) is 7.67. The van der Waals surface area contributed by atoms with Crippen LogP contribution in [0.15, 0.2) is 18.2 Å². The van der Waals surface area contributed by atoms with Crippen LogP contribution in [0.4, 0.5) is 0 Å². The summed E-state index contributed by atoms with van der Waals surface area (Å²) < 4.78 is 5.65. The molecule has 0 aliphatic heterocycles. The van der Waals surface area contributed by atoms with Crippen LogP contribution >= 0.6 is 0 Å². The van der Waals surface area contributed by atoms with Crippen molar-refractivity contribution in [1.82, 2.24) is 0 Å². The van der Waals surface area contributed by atoms with E-state index in [1.165, 1.54) is 12.8 Å². The van der Waals surface area contributed by atoms with E-state index < -0.39 is 0 Å². The van der Waals surface area contributed by atoms with Crippen LogP contribution < -0.4 is 4.74 Å². The number of rotatable bonds is 3. The highest BCUT2D eigenvalue weighted by atomic mass is 16.5. The van der Waals surface area contributed by atoms with Crippen molar-refractivity contribution >= 4 is 0 Å². The van der Waals surface area contributed by atoms with Gasteiger partial charge in [-0.2, -0.15) is 5.26 Å². The number of ether oxygens (including phenoxy) is 1. The average Bonchev–Trinajstić information content (AvgIpc) is 2.99. The Labute approximate surface area is 84.1 Å². The maximum Gasteiger partial charge on any atom is 0.122 e. The second kappa shape index (κ2) is 3.71. The fourth-order valence-electron chi connectivity index (χ4n) is 1.37. The zero-order valence-corrected chi connectivity index (χ0v) is 8.29. The Morgan fingerprint density at radius 2 is 2.29 bits per heavy atom. The van der Waals surface area contributed by atoms with E-state index >= 15 is 0 Å². The lowest BCUT2D eigenvalue weighted by atomic mass is 10.1. The first kappa shape index (κ1) is 9.08. The van der Waals surface area contributed by atoms with E-state index in [1.807, 2.05) is 19.1 Å². The summed E-state index contributed by atoms with van der Waals surface area (Å²) in [5.41, 5.74) is 1.74. The third-order valence-corrected chi connectivity index (χ3v) is 2.48. The van der Waals surface area contributed by atoms with Gasteiger partial charge in [-0.25, -0.2) is 0 Å². The van der Waals surface area contributed by atoms with E-state index in [0.29, 0.717) is 5.56 Å². The molecule has 0 radical (unpaired) electrons.